The number of carbonyl (C=O) groups is 1. The van der Waals surface area contributed by atoms with Crippen LogP contribution in [0.25, 0.3) is 0 Å². The minimum atomic E-state index is -0.0874. The number of nitrogens with one attached hydrogen (secondary N) is 1. The number of methoxy groups -OCH3 is 1. The molecule has 0 bridgehead atoms. The number of hydrogen-bond donors (Lipinski definition) is 1. The van der Waals surface area contributed by atoms with Crippen molar-refractivity contribution in [2.45, 2.75) is 46.1 Å². The van der Waals surface area contributed by atoms with Gasteiger partial charge in [0.2, 0.25) is 0 Å². The summed E-state index contributed by atoms with van der Waals surface area (Å²) in [5.74, 6) is 1.77. The molecule has 0 aliphatic rings. The molecule has 1 atom stereocenters. The Morgan fingerprint density at radius 1 is 1.26 bits per heavy atom. The average Bonchev–Trinajstić information content (AvgIpc) is 2.52. The van der Waals surface area contributed by atoms with Gasteiger partial charge in [0.1, 0.15) is 6.61 Å². The van der Waals surface area contributed by atoms with Gasteiger partial charge in [-0.1, -0.05) is 39.3 Å². The maximum Gasteiger partial charge on any atom is 0.251 e. The SMILES string of the molecule is C=CCOc1ccc(C(=O)NC(C)CCCC(C)C)cc1OC. The molecule has 0 aromatic heterocycles. The molecule has 1 rings (SSSR count). The molecule has 0 saturated heterocycles. The number of benzene rings is 1. The Morgan fingerprint density at radius 2 is 2.00 bits per heavy atom. The van der Waals surface area contributed by atoms with E-state index in [0.717, 1.165) is 12.8 Å². The summed E-state index contributed by atoms with van der Waals surface area (Å²) in [6, 6.07) is 5.36. The summed E-state index contributed by atoms with van der Waals surface area (Å²) in [5, 5.41) is 3.03. The van der Waals surface area contributed by atoms with E-state index in [0.29, 0.717) is 29.6 Å². The van der Waals surface area contributed by atoms with Gasteiger partial charge >= 0.3 is 0 Å². The van der Waals surface area contributed by atoms with Crippen LogP contribution < -0.4 is 14.8 Å². The van der Waals surface area contributed by atoms with Gasteiger partial charge in [0.05, 0.1) is 7.11 Å². The van der Waals surface area contributed by atoms with Gasteiger partial charge in [0.15, 0.2) is 11.5 Å². The quantitative estimate of drug-likeness (QED) is 0.657. The lowest BCUT2D eigenvalue weighted by Crippen LogP contribution is -2.32. The van der Waals surface area contributed by atoms with Crippen LogP contribution in [-0.2, 0) is 0 Å². The summed E-state index contributed by atoms with van der Waals surface area (Å²) in [4.78, 5) is 12.3. The summed E-state index contributed by atoms with van der Waals surface area (Å²) in [5.41, 5.74) is 0.573. The van der Waals surface area contributed by atoms with E-state index in [9.17, 15) is 4.79 Å². The third-order valence-corrected chi connectivity index (χ3v) is 3.58. The first-order valence-corrected chi connectivity index (χ1v) is 8.20. The van der Waals surface area contributed by atoms with Crippen molar-refractivity contribution in [2.75, 3.05) is 13.7 Å². The summed E-state index contributed by atoms with van der Waals surface area (Å²) in [6.45, 7) is 10.5. The summed E-state index contributed by atoms with van der Waals surface area (Å²) in [7, 11) is 1.56. The highest BCUT2D eigenvalue weighted by atomic mass is 16.5. The molecular formula is C19H29NO3. The van der Waals surface area contributed by atoms with E-state index in [1.54, 1.807) is 31.4 Å². The largest absolute Gasteiger partial charge is 0.493 e. The van der Waals surface area contributed by atoms with Crippen molar-refractivity contribution >= 4 is 5.91 Å². The normalized spacial score (nSPS) is 11.9. The van der Waals surface area contributed by atoms with Gasteiger partial charge in [-0.25, -0.2) is 0 Å². The Hall–Kier alpha value is -1.97. The van der Waals surface area contributed by atoms with Crippen LogP contribution in [-0.4, -0.2) is 25.7 Å². The molecule has 1 unspecified atom stereocenters. The lowest BCUT2D eigenvalue weighted by Gasteiger charge is -2.15. The summed E-state index contributed by atoms with van der Waals surface area (Å²) in [6.07, 6.45) is 4.96. The minimum absolute atomic E-state index is 0.0874. The zero-order valence-corrected chi connectivity index (χ0v) is 14.7. The lowest BCUT2D eigenvalue weighted by atomic mass is 10.0. The lowest BCUT2D eigenvalue weighted by molar-refractivity contribution is 0.0937. The molecule has 4 nitrogen and oxygen atoms in total. The van der Waals surface area contributed by atoms with Crippen molar-refractivity contribution in [3.8, 4) is 11.5 Å². The van der Waals surface area contributed by atoms with E-state index in [4.69, 9.17) is 9.47 Å². The summed E-state index contributed by atoms with van der Waals surface area (Å²) < 4.78 is 10.8. The first-order chi connectivity index (χ1) is 11.0. The van der Waals surface area contributed by atoms with Crippen molar-refractivity contribution in [2.24, 2.45) is 5.92 Å². The van der Waals surface area contributed by atoms with Crippen LogP contribution in [0.15, 0.2) is 30.9 Å². The molecule has 0 aliphatic heterocycles. The molecule has 0 heterocycles. The topological polar surface area (TPSA) is 47.6 Å². The van der Waals surface area contributed by atoms with E-state index in [-0.39, 0.29) is 11.9 Å². The molecular weight excluding hydrogens is 290 g/mol. The number of rotatable bonds is 10. The number of ether oxygens (including phenoxy) is 2. The van der Waals surface area contributed by atoms with Crippen molar-refractivity contribution in [1.82, 2.24) is 5.32 Å². The molecule has 128 valence electrons. The van der Waals surface area contributed by atoms with Crippen LogP contribution in [0.4, 0.5) is 0 Å². The van der Waals surface area contributed by atoms with Crippen molar-refractivity contribution in [3.05, 3.63) is 36.4 Å². The van der Waals surface area contributed by atoms with E-state index < -0.39 is 0 Å². The van der Waals surface area contributed by atoms with Crippen LogP contribution in [0, 0.1) is 5.92 Å². The van der Waals surface area contributed by atoms with Crippen molar-refractivity contribution in [3.63, 3.8) is 0 Å². The second kappa shape index (κ2) is 9.93. The van der Waals surface area contributed by atoms with Crippen LogP contribution in [0.1, 0.15) is 50.4 Å². The molecule has 23 heavy (non-hydrogen) atoms. The van der Waals surface area contributed by atoms with Crippen molar-refractivity contribution in [1.29, 1.82) is 0 Å². The highest BCUT2D eigenvalue weighted by Crippen LogP contribution is 2.28. The Bertz CT molecular complexity index is 511. The van der Waals surface area contributed by atoms with E-state index in [1.807, 2.05) is 6.92 Å². The Balaban J connectivity index is 2.63. The van der Waals surface area contributed by atoms with Gasteiger partial charge < -0.3 is 14.8 Å². The van der Waals surface area contributed by atoms with Gasteiger partial charge in [-0.05, 0) is 37.5 Å². The molecule has 1 N–H and O–H groups in total. The fourth-order valence-corrected chi connectivity index (χ4v) is 2.29. The Morgan fingerprint density at radius 3 is 2.61 bits per heavy atom. The maximum absolute atomic E-state index is 12.3. The van der Waals surface area contributed by atoms with Gasteiger partial charge in [-0.15, -0.1) is 0 Å². The molecule has 1 aromatic rings. The van der Waals surface area contributed by atoms with Crippen LogP contribution >= 0.6 is 0 Å². The molecule has 0 saturated carbocycles. The maximum atomic E-state index is 12.3. The molecule has 1 aromatic carbocycles. The average molecular weight is 319 g/mol. The van der Waals surface area contributed by atoms with Crippen molar-refractivity contribution < 1.29 is 14.3 Å². The molecule has 4 heteroatoms. The van der Waals surface area contributed by atoms with Crippen LogP contribution in [0.5, 0.6) is 11.5 Å². The Kier molecular flexibility index (Phi) is 8.23. The van der Waals surface area contributed by atoms with Gasteiger partial charge in [0.25, 0.3) is 5.91 Å². The predicted molar refractivity (Wildman–Crippen MR) is 94.3 cm³/mol. The third-order valence-electron chi connectivity index (χ3n) is 3.58. The first-order valence-electron chi connectivity index (χ1n) is 8.20. The molecule has 1 amide bonds. The minimum Gasteiger partial charge on any atom is -0.493 e. The first kappa shape index (κ1) is 19.1. The molecule has 0 radical (unpaired) electrons. The molecule has 0 fully saturated rings. The highest BCUT2D eigenvalue weighted by Gasteiger charge is 2.13. The standard InChI is InChI=1S/C19H29NO3/c1-6-12-23-17-11-10-16(13-18(17)22-5)19(21)20-15(4)9-7-8-14(2)3/h6,10-11,13-15H,1,7-9,12H2,2-5H3,(H,20,21). The van der Waals surface area contributed by atoms with Crippen LogP contribution in [0.3, 0.4) is 0 Å². The fourth-order valence-electron chi connectivity index (χ4n) is 2.29. The number of carbonyl (C=O) groups excluding carboxylic acids is 1. The predicted octanol–water partition coefficient (Wildman–Crippen LogP) is 4.20. The Labute approximate surface area is 139 Å². The van der Waals surface area contributed by atoms with Gasteiger partial charge in [-0.3, -0.25) is 4.79 Å². The van der Waals surface area contributed by atoms with E-state index >= 15 is 0 Å². The van der Waals surface area contributed by atoms with Gasteiger partial charge in [-0.2, -0.15) is 0 Å². The number of amides is 1. The van der Waals surface area contributed by atoms with E-state index in [2.05, 4.69) is 25.7 Å². The van der Waals surface area contributed by atoms with E-state index in [1.165, 1.54) is 6.42 Å². The second-order valence-electron chi connectivity index (χ2n) is 6.16. The van der Waals surface area contributed by atoms with Gasteiger partial charge in [0, 0.05) is 11.6 Å². The molecule has 0 spiro atoms. The molecule has 0 aliphatic carbocycles. The highest BCUT2D eigenvalue weighted by molar-refractivity contribution is 5.95. The zero-order chi connectivity index (χ0) is 17.2. The van der Waals surface area contributed by atoms with Crippen LogP contribution in [0.2, 0.25) is 0 Å². The second-order valence-corrected chi connectivity index (χ2v) is 6.16. The number of hydrogen-bond acceptors (Lipinski definition) is 3. The smallest absolute Gasteiger partial charge is 0.251 e. The summed E-state index contributed by atoms with van der Waals surface area (Å²) >= 11 is 0. The fraction of sp³-hybridized carbons (Fsp3) is 0.526. The third kappa shape index (κ3) is 6.76. The zero-order valence-electron chi connectivity index (χ0n) is 14.7. The monoisotopic (exact) mass is 319 g/mol.